The van der Waals surface area contributed by atoms with Crippen molar-refractivity contribution in [1.82, 2.24) is 20.2 Å². The van der Waals surface area contributed by atoms with Gasteiger partial charge in [-0.1, -0.05) is 6.92 Å². The van der Waals surface area contributed by atoms with Gasteiger partial charge in [0.25, 0.3) is 0 Å². The minimum atomic E-state index is -0.808. The molecule has 1 aliphatic heterocycles. The summed E-state index contributed by atoms with van der Waals surface area (Å²) in [6.45, 7) is 1.96. The normalized spacial score (nSPS) is 21.6. The molecule has 2 heterocycles. The zero-order chi connectivity index (χ0) is 12.3. The van der Waals surface area contributed by atoms with Crippen molar-refractivity contribution in [2.45, 2.75) is 43.9 Å². The van der Waals surface area contributed by atoms with E-state index in [0.29, 0.717) is 5.25 Å². The predicted molar refractivity (Wildman–Crippen MR) is 63.8 cm³/mol. The van der Waals surface area contributed by atoms with E-state index in [1.807, 2.05) is 18.7 Å². The Morgan fingerprint density at radius 3 is 3.12 bits per heavy atom. The fourth-order valence-electron chi connectivity index (χ4n) is 2.06. The molecule has 94 valence electrons. The largest absolute Gasteiger partial charge is 0.481 e. The van der Waals surface area contributed by atoms with Gasteiger partial charge in [-0.25, -0.2) is 4.68 Å². The summed E-state index contributed by atoms with van der Waals surface area (Å²) in [5.41, 5.74) is 0. The Labute approximate surface area is 104 Å². The van der Waals surface area contributed by atoms with Gasteiger partial charge < -0.3 is 5.11 Å². The molecule has 1 aliphatic rings. The van der Waals surface area contributed by atoms with Crippen molar-refractivity contribution in [3.63, 3.8) is 0 Å². The molecule has 0 amide bonds. The van der Waals surface area contributed by atoms with E-state index >= 15 is 0 Å². The lowest BCUT2D eigenvalue weighted by molar-refractivity contribution is -0.138. The first kappa shape index (κ1) is 12.3. The second-order valence-electron chi connectivity index (χ2n) is 4.14. The third-order valence-corrected chi connectivity index (χ3v) is 4.34. The number of aliphatic carboxylic acids is 1. The fraction of sp³-hybridized carbons (Fsp3) is 0.800. The topological polar surface area (TPSA) is 80.9 Å². The highest BCUT2D eigenvalue weighted by atomic mass is 32.2. The van der Waals surface area contributed by atoms with E-state index in [1.165, 1.54) is 6.42 Å². The predicted octanol–water partition coefficient (Wildman–Crippen LogP) is 1.67. The third-order valence-electron chi connectivity index (χ3n) is 2.96. The maximum Gasteiger partial charge on any atom is 0.305 e. The van der Waals surface area contributed by atoms with Gasteiger partial charge in [-0.15, -0.1) is 5.10 Å². The van der Waals surface area contributed by atoms with Crippen LogP contribution in [-0.4, -0.2) is 37.0 Å². The Balaban J connectivity index is 2.18. The number of carboxylic acid groups (broad SMARTS) is 1. The second kappa shape index (κ2) is 5.48. The molecular weight excluding hydrogens is 240 g/mol. The molecular formula is C10H16N4O2S. The van der Waals surface area contributed by atoms with Gasteiger partial charge in [-0.2, -0.15) is 11.8 Å². The van der Waals surface area contributed by atoms with Crippen LogP contribution in [-0.2, 0) is 4.79 Å². The van der Waals surface area contributed by atoms with Crippen LogP contribution in [0.25, 0.3) is 0 Å². The first-order valence-corrected chi connectivity index (χ1v) is 6.88. The lowest BCUT2D eigenvalue weighted by Crippen LogP contribution is -2.17. The van der Waals surface area contributed by atoms with Gasteiger partial charge in [-0.05, 0) is 35.4 Å². The number of tetrazole rings is 1. The molecule has 0 radical (unpaired) electrons. The number of hydrogen-bond donors (Lipinski definition) is 1. The highest BCUT2D eigenvalue weighted by Gasteiger charge is 2.27. The molecule has 0 spiro atoms. The Bertz CT molecular complexity index is 389. The molecule has 7 heteroatoms. The molecule has 1 aromatic rings. The average molecular weight is 256 g/mol. The van der Waals surface area contributed by atoms with Crippen molar-refractivity contribution in [1.29, 1.82) is 0 Å². The summed E-state index contributed by atoms with van der Waals surface area (Å²) in [6.07, 6.45) is 3.06. The van der Waals surface area contributed by atoms with Gasteiger partial charge in [-0.3, -0.25) is 4.79 Å². The first-order valence-electron chi connectivity index (χ1n) is 5.83. The molecule has 0 aromatic carbocycles. The highest BCUT2D eigenvalue weighted by Crippen LogP contribution is 2.39. The number of thioether (sulfide) groups is 1. The summed E-state index contributed by atoms with van der Waals surface area (Å²) < 4.78 is 1.71. The van der Waals surface area contributed by atoms with Crippen molar-refractivity contribution in [3.8, 4) is 0 Å². The smallest absolute Gasteiger partial charge is 0.305 e. The minimum Gasteiger partial charge on any atom is -0.481 e. The van der Waals surface area contributed by atoms with E-state index in [0.717, 1.165) is 24.4 Å². The monoisotopic (exact) mass is 256 g/mol. The van der Waals surface area contributed by atoms with Crippen LogP contribution in [0.5, 0.6) is 0 Å². The maximum atomic E-state index is 10.8. The van der Waals surface area contributed by atoms with E-state index in [9.17, 15) is 4.79 Å². The number of carboxylic acids is 1. The maximum absolute atomic E-state index is 10.8. The van der Waals surface area contributed by atoms with Crippen LogP contribution in [0, 0.1) is 0 Å². The quantitative estimate of drug-likeness (QED) is 0.863. The first-order chi connectivity index (χ1) is 8.22. The van der Waals surface area contributed by atoms with Gasteiger partial charge in [0.2, 0.25) is 0 Å². The van der Waals surface area contributed by atoms with Crippen LogP contribution in [0.15, 0.2) is 0 Å². The molecule has 0 saturated carbocycles. The molecule has 1 fully saturated rings. The van der Waals surface area contributed by atoms with Gasteiger partial charge in [0.05, 0.1) is 17.7 Å². The molecule has 2 rings (SSSR count). The highest BCUT2D eigenvalue weighted by molar-refractivity contribution is 7.99. The average Bonchev–Trinajstić information content (AvgIpc) is 2.94. The number of carbonyl (C=O) groups is 1. The molecule has 1 aromatic heterocycles. The number of hydrogen-bond acceptors (Lipinski definition) is 5. The standard InChI is InChI=1S/C10H16N4O2S/c1-2-7(6-9(15)16)14-10(11-12-13-14)8-4-3-5-17-8/h7-8H,2-6H2,1H3,(H,15,16). The van der Waals surface area contributed by atoms with Crippen LogP contribution in [0.2, 0.25) is 0 Å². The molecule has 1 saturated heterocycles. The van der Waals surface area contributed by atoms with Crippen molar-refractivity contribution >= 4 is 17.7 Å². The SMILES string of the molecule is CCC(CC(=O)O)n1nnnc1C1CCCS1. The number of aromatic nitrogens is 4. The van der Waals surface area contributed by atoms with Crippen LogP contribution in [0.1, 0.15) is 49.7 Å². The summed E-state index contributed by atoms with van der Waals surface area (Å²) in [4.78, 5) is 10.8. The van der Waals surface area contributed by atoms with Crippen LogP contribution in [0.3, 0.4) is 0 Å². The molecule has 2 unspecified atom stereocenters. The zero-order valence-electron chi connectivity index (χ0n) is 9.74. The zero-order valence-corrected chi connectivity index (χ0v) is 10.6. The van der Waals surface area contributed by atoms with Crippen molar-refractivity contribution < 1.29 is 9.90 Å². The van der Waals surface area contributed by atoms with Gasteiger partial charge >= 0.3 is 5.97 Å². The van der Waals surface area contributed by atoms with Crippen LogP contribution < -0.4 is 0 Å². The summed E-state index contributed by atoms with van der Waals surface area (Å²) >= 11 is 1.85. The van der Waals surface area contributed by atoms with E-state index < -0.39 is 5.97 Å². The molecule has 1 N–H and O–H groups in total. The summed E-state index contributed by atoms with van der Waals surface area (Å²) in [5.74, 6) is 1.16. The molecule has 6 nitrogen and oxygen atoms in total. The third kappa shape index (κ3) is 2.77. The number of nitrogens with zero attached hydrogens (tertiary/aromatic N) is 4. The molecule has 2 atom stereocenters. The van der Waals surface area contributed by atoms with Crippen molar-refractivity contribution in [3.05, 3.63) is 5.82 Å². The minimum absolute atomic E-state index is 0.0753. The Kier molecular flexibility index (Phi) is 3.98. The second-order valence-corrected chi connectivity index (χ2v) is 5.45. The molecule has 0 bridgehead atoms. The van der Waals surface area contributed by atoms with Gasteiger partial charge in [0.1, 0.15) is 0 Å². The summed E-state index contributed by atoms with van der Waals surface area (Å²) in [7, 11) is 0. The lowest BCUT2D eigenvalue weighted by Gasteiger charge is -2.16. The Morgan fingerprint density at radius 2 is 2.53 bits per heavy atom. The molecule has 0 aliphatic carbocycles. The van der Waals surface area contributed by atoms with Crippen molar-refractivity contribution in [2.24, 2.45) is 0 Å². The Hall–Kier alpha value is -1.11. The van der Waals surface area contributed by atoms with E-state index in [2.05, 4.69) is 15.5 Å². The van der Waals surface area contributed by atoms with E-state index in [-0.39, 0.29) is 12.5 Å². The molecule has 17 heavy (non-hydrogen) atoms. The van der Waals surface area contributed by atoms with Crippen molar-refractivity contribution in [2.75, 3.05) is 5.75 Å². The van der Waals surface area contributed by atoms with Gasteiger partial charge in [0, 0.05) is 0 Å². The van der Waals surface area contributed by atoms with Gasteiger partial charge in [0.15, 0.2) is 5.82 Å². The van der Waals surface area contributed by atoms with Crippen LogP contribution in [0.4, 0.5) is 0 Å². The summed E-state index contributed by atoms with van der Waals surface area (Å²) in [6, 6.07) is -0.140. The Morgan fingerprint density at radius 1 is 1.71 bits per heavy atom. The lowest BCUT2D eigenvalue weighted by atomic mass is 10.1. The van der Waals surface area contributed by atoms with Crippen LogP contribution >= 0.6 is 11.8 Å². The van der Waals surface area contributed by atoms with E-state index in [1.54, 1.807) is 4.68 Å². The van der Waals surface area contributed by atoms with E-state index in [4.69, 9.17) is 5.11 Å². The fourth-order valence-corrected chi connectivity index (χ4v) is 3.31. The summed E-state index contributed by atoms with van der Waals surface area (Å²) in [5, 5.41) is 20.9. The number of rotatable bonds is 5.